The molecule has 1 aromatic carbocycles. The van der Waals surface area contributed by atoms with Crippen molar-refractivity contribution in [2.75, 3.05) is 39.3 Å². The van der Waals surface area contributed by atoms with Crippen LogP contribution >= 0.6 is 39.9 Å². The Labute approximate surface area is 145 Å². The fraction of sp³-hybridized carbons (Fsp3) is 0.500. The van der Waals surface area contributed by atoms with E-state index in [4.69, 9.17) is 11.6 Å². The number of carbonyl (C=O) groups is 1. The second-order valence-corrected chi connectivity index (χ2v) is 6.15. The molecule has 1 aliphatic rings. The Morgan fingerprint density at radius 3 is 2.76 bits per heavy atom. The lowest BCUT2D eigenvalue weighted by Crippen LogP contribution is -2.44. The van der Waals surface area contributed by atoms with Crippen LogP contribution in [0.5, 0.6) is 0 Å². The van der Waals surface area contributed by atoms with Gasteiger partial charge in [0.15, 0.2) is 0 Å². The van der Waals surface area contributed by atoms with Crippen molar-refractivity contribution in [3.8, 4) is 0 Å². The van der Waals surface area contributed by atoms with Gasteiger partial charge >= 0.3 is 0 Å². The largest absolute Gasteiger partial charge is 0.352 e. The van der Waals surface area contributed by atoms with E-state index in [0.717, 1.165) is 43.6 Å². The Balaban J connectivity index is 0.00000220. The minimum atomic E-state index is -0.109. The Kier molecular flexibility index (Phi) is 8.59. The standard InChI is InChI=1S/C14H19BrClN3O.ClH/c15-11-2-3-12(13(16)10-11)14(20)18-4-1-7-19-8-5-17-6-9-19;/h2-3,10,17H,1,4-9H2,(H,18,20);1H. The summed E-state index contributed by atoms with van der Waals surface area (Å²) in [6.45, 7) is 5.99. The van der Waals surface area contributed by atoms with Gasteiger partial charge in [0.2, 0.25) is 0 Å². The summed E-state index contributed by atoms with van der Waals surface area (Å²) in [5.41, 5.74) is 0.525. The summed E-state index contributed by atoms with van der Waals surface area (Å²) >= 11 is 9.38. The number of hydrogen-bond acceptors (Lipinski definition) is 3. The monoisotopic (exact) mass is 395 g/mol. The molecule has 0 aliphatic carbocycles. The predicted molar refractivity (Wildman–Crippen MR) is 92.7 cm³/mol. The molecule has 0 atom stereocenters. The van der Waals surface area contributed by atoms with E-state index in [1.165, 1.54) is 0 Å². The molecule has 0 saturated carbocycles. The fourth-order valence-electron chi connectivity index (χ4n) is 2.21. The molecule has 118 valence electrons. The molecule has 0 spiro atoms. The number of nitrogens with one attached hydrogen (secondary N) is 2. The Hall–Kier alpha value is -0.330. The molecule has 1 aliphatic heterocycles. The molecule has 7 heteroatoms. The Morgan fingerprint density at radius 2 is 2.10 bits per heavy atom. The smallest absolute Gasteiger partial charge is 0.252 e. The van der Waals surface area contributed by atoms with Crippen LogP contribution in [0.3, 0.4) is 0 Å². The first kappa shape index (κ1) is 18.7. The highest BCUT2D eigenvalue weighted by Gasteiger charge is 2.11. The molecule has 1 saturated heterocycles. The molecule has 2 rings (SSSR count). The topological polar surface area (TPSA) is 44.4 Å². The van der Waals surface area contributed by atoms with Crippen molar-refractivity contribution in [1.82, 2.24) is 15.5 Å². The van der Waals surface area contributed by atoms with Crippen molar-refractivity contribution in [3.05, 3.63) is 33.3 Å². The number of piperazine rings is 1. The van der Waals surface area contributed by atoms with Crippen LogP contribution in [0.1, 0.15) is 16.8 Å². The molecular weight excluding hydrogens is 377 g/mol. The average Bonchev–Trinajstić information content (AvgIpc) is 2.44. The third-order valence-corrected chi connectivity index (χ3v) is 4.13. The lowest BCUT2D eigenvalue weighted by Gasteiger charge is -2.27. The van der Waals surface area contributed by atoms with E-state index in [0.29, 0.717) is 17.1 Å². The van der Waals surface area contributed by atoms with E-state index >= 15 is 0 Å². The normalized spacial score (nSPS) is 15.3. The second kappa shape index (κ2) is 9.64. The molecule has 0 aromatic heterocycles. The molecule has 4 nitrogen and oxygen atoms in total. The van der Waals surface area contributed by atoms with Gasteiger partial charge in [0, 0.05) is 37.2 Å². The minimum absolute atomic E-state index is 0. The summed E-state index contributed by atoms with van der Waals surface area (Å²) in [4.78, 5) is 14.4. The Morgan fingerprint density at radius 1 is 1.38 bits per heavy atom. The first-order chi connectivity index (χ1) is 9.66. The highest BCUT2D eigenvalue weighted by molar-refractivity contribution is 9.10. The van der Waals surface area contributed by atoms with Gasteiger partial charge in [-0.25, -0.2) is 0 Å². The van der Waals surface area contributed by atoms with E-state index in [-0.39, 0.29) is 18.3 Å². The first-order valence-corrected chi connectivity index (χ1v) is 8.00. The van der Waals surface area contributed by atoms with Gasteiger partial charge < -0.3 is 15.5 Å². The van der Waals surface area contributed by atoms with Gasteiger partial charge in [-0.05, 0) is 31.2 Å². The molecule has 1 aromatic rings. The maximum absolute atomic E-state index is 12.0. The summed E-state index contributed by atoms with van der Waals surface area (Å²) in [6, 6.07) is 5.29. The number of amides is 1. The lowest BCUT2D eigenvalue weighted by molar-refractivity contribution is 0.0951. The second-order valence-electron chi connectivity index (χ2n) is 4.83. The van der Waals surface area contributed by atoms with Gasteiger partial charge in [0.1, 0.15) is 0 Å². The highest BCUT2D eigenvalue weighted by atomic mass is 79.9. The van der Waals surface area contributed by atoms with E-state index < -0.39 is 0 Å². The number of halogens is 3. The molecular formula is C14H20BrCl2N3O. The zero-order valence-corrected chi connectivity index (χ0v) is 14.9. The van der Waals surface area contributed by atoms with E-state index in [1.807, 2.05) is 6.07 Å². The molecule has 1 amide bonds. The average molecular weight is 397 g/mol. The molecule has 1 fully saturated rings. The van der Waals surface area contributed by atoms with Crippen LogP contribution in [0.25, 0.3) is 0 Å². The number of carbonyl (C=O) groups excluding carboxylic acids is 1. The van der Waals surface area contributed by atoms with Crippen molar-refractivity contribution in [1.29, 1.82) is 0 Å². The van der Waals surface area contributed by atoms with Crippen LogP contribution in [0, 0.1) is 0 Å². The van der Waals surface area contributed by atoms with Crippen LogP contribution < -0.4 is 10.6 Å². The van der Waals surface area contributed by atoms with Gasteiger partial charge in [0.05, 0.1) is 10.6 Å². The lowest BCUT2D eigenvalue weighted by atomic mass is 10.2. The summed E-state index contributed by atoms with van der Waals surface area (Å²) in [5.74, 6) is -0.109. The molecule has 21 heavy (non-hydrogen) atoms. The summed E-state index contributed by atoms with van der Waals surface area (Å²) in [5, 5.41) is 6.71. The fourth-order valence-corrected chi connectivity index (χ4v) is 2.97. The van der Waals surface area contributed by atoms with Crippen molar-refractivity contribution in [3.63, 3.8) is 0 Å². The minimum Gasteiger partial charge on any atom is -0.352 e. The van der Waals surface area contributed by atoms with Gasteiger partial charge in [-0.3, -0.25) is 4.79 Å². The van der Waals surface area contributed by atoms with Crippen LogP contribution in [0.15, 0.2) is 22.7 Å². The molecule has 1 heterocycles. The molecule has 0 bridgehead atoms. The summed E-state index contributed by atoms with van der Waals surface area (Å²) in [6.07, 6.45) is 0.958. The molecule has 0 unspecified atom stereocenters. The number of hydrogen-bond donors (Lipinski definition) is 2. The summed E-state index contributed by atoms with van der Waals surface area (Å²) < 4.78 is 0.873. The van der Waals surface area contributed by atoms with Crippen molar-refractivity contribution >= 4 is 45.8 Å². The third kappa shape index (κ3) is 6.12. The molecule has 0 radical (unpaired) electrons. The van der Waals surface area contributed by atoms with E-state index in [1.54, 1.807) is 12.1 Å². The Bertz CT molecular complexity index is 468. The number of rotatable bonds is 5. The van der Waals surface area contributed by atoms with Crippen LogP contribution in [-0.4, -0.2) is 50.1 Å². The maximum Gasteiger partial charge on any atom is 0.252 e. The predicted octanol–water partition coefficient (Wildman–Crippen LogP) is 2.55. The molecule has 2 N–H and O–H groups in total. The van der Waals surface area contributed by atoms with Crippen molar-refractivity contribution in [2.45, 2.75) is 6.42 Å². The van der Waals surface area contributed by atoms with Gasteiger partial charge in [0.25, 0.3) is 5.91 Å². The quantitative estimate of drug-likeness (QED) is 0.751. The zero-order valence-electron chi connectivity index (χ0n) is 11.7. The van der Waals surface area contributed by atoms with Crippen LogP contribution in [-0.2, 0) is 0 Å². The van der Waals surface area contributed by atoms with Crippen molar-refractivity contribution < 1.29 is 4.79 Å². The van der Waals surface area contributed by atoms with Gasteiger partial charge in [-0.1, -0.05) is 27.5 Å². The van der Waals surface area contributed by atoms with Gasteiger partial charge in [-0.2, -0.15) is 0 Å². The van der Waals surface area contributed by atoms with Crippen LogP contribution in [0.4, 0.5) is 0 Å². The first-order valence-electron chi connectivity index (χ1n) is 6.83. The maximum atomic E-state index is 12.0. The van der Waals surface area contributed by atoms with Crippen LogP contribution in [0.2, 0.25) is 5.02 Å². The third-order valence-electron chi connectivity index (χ3n) is 3.32. The van der Waals surface area contributed by atoms with E-state index in [9.17, 15) is 4.79 Å². The highest BCUT2D eigenvalue weighted by Crippen LogP contribution is 2.21. The summed E-state index contributed by atoms with van der Waals surface area (Å²) in [7, 11) is 0. The van der Waals surface area contributed by atoms with Crippen molar-refractivity contribution in [2.24, 2.45) is 0 Å². The zero-order chi connectivity index (χ0) is 14.4. The number of benzene rings is 1. The van der Waals surface area contributed by atoms with E-state index in [2.05, 4.69) is 31.5 Å². The SMILES string of the molecule is Cl.O=C(NCCCN1CCNCC1)c1ccc(Br)cc1Cl. The number of nitrogens with zero attached hydrogens (tertiary/aromatic N) is 1. The van der Waals surface area contributed by atoms with Gasteiger partial charge in [-0.15, -0.1) is 12.4 Å².